The first kappa shape index (κ1) is 10.8. The summed E-state index contributed by atoms with van der Waals surface area (Å²) in [6, 6.07) is 3.58. The van der Waals surface area contributed by atoms with Crippen LogP contribution in [0, 0.1) is 6.92 Å². The summed E-state index contributed by atoms with van der Waals surface area (Å²) in [5, 5.41) is 5.64. The second-order valence-electron chi connectivity index (χ2n) is 3.32. The van der Waals surface area contributed by atoms with E-state index in [1.165, 1.54) is 0 Å². The third-order valence-corrected chi connectivity index (χ3v) is 2.78. The molecule has 0 saturated carbocycles. The van der Waals surface area contributed by atoms with Gasteiger partial charge in [-0.1, -0.05) is 0 Å². The largest absolute Gasteiger partial charge is 0.324 e. The van der Waals surface area contributed by atoms with Crippen LogP contribution in [-0.4, -0.2) is 15.9 Å². The fraction of sp³-hybridized carbons (Fsp3) is 0.182. The third kappa shape index (κ3) is 2.87. The Balaban J connectivity index is 1.95. The van der Waals surface area contributed by atoms with Gasteiger partial charge in [0.15, 0.2) is 0 Å². The number of thiazole rings is 1. The van der Waals surface area contributed by atoms with Crippen LogP contribution in [0.25, 0.3) is 0 Å². The molecule has 0 aromatic carbocycles. The van der Waals surface area contributed by atoms with Crippen molar-refractivity contribution in [3.8, 4) is 0 Å². The number of hydrogen-bond acceptors (Lipinski definition) is 4. The minimum absolute atomic E-state index is 0.0710. The van der Waals surface area contributed by atoms with E-state index in [1.54, 1.807) is 35.9 Å². The number of aromatic nitrogens is 2. The van der Waals surface area contributed by atoms with Crippen LogP contribution >= 0.6 is 11.3 Å². The monoisotopic (exact) mass is 233 g/mol. The highest BCUT2D eigenvalue weighted by Crippen LogP contribution is 2.09. The quantitative estimate of drug-likeness (QED) is 0.882. The summed E-state index contributed by atoms with van der Waals surface area (Å²) in [4.78, 5) is 19.8. The van der Waals surface area contributed by atoms with E-state index >= 15 is 0 Å². The lowest BCUT2D eigenvalue weighted by Crippen LogP contribution is -2.14. The fourth-order valence-electron chi connectivity index (χ4n) is 1.30. The standard InChI is InChI=1S/C11H11N3OS/c1-8-13-10(7-16-8)5-11(15)14-9-3-2-4-12-6-9/h2-4,6-7H,5H2,1H3,(H,14,15). The second kappa shape index (κ2) is 4.85. The predicted octanol–water partition coefficient (Wildman–Crippen LogP) is 2.03. The normalized spacial score (nSPS) is 10.1. The molecule has 16 heavy (non-hydrogen) atoms. The van der Waals surface area contributed by atoms with Gasteiger partial charge in [0.2, 0.25) is 5.91 Å². The number of aryl methyl sites for hydroxylation is 1. The number of carbonyl (C=O) groups excluding carboxylic acids is 1. The predicted molar refractivity (Wildman–Crippen MR) is 63.4 cm³/mol. The van der Waals surface area contributed by atoms with E-state index in [1.807, 2.05) is 12.3 Å². The van der Waals surface area contributed by atoms with Gasteiger partial charge in [-0.05, 0) is 19.1 Å². The SMILES string of the molecule is Cc1nc(CC(=O)Nc2cccnc2)cs1. The molecule has 2 aromatic heterocycles. The minimum atomic E-state index is -0.0710. The summed E-state index contributed by atoms with van der Waals surface area (Å²) in [6.45, 7) is 1.92. The average molecular weight is 233 g/mol. The Bertz CT molecular complexity index is 481. The zero-order valence-electron chi connectivity index (χ0n) is 8.80. The van der Waals surface area contributed by atoms with E-state index in [4.69, 9.17) is 0 Å². The molecule has 0 spiro atoms. The highest BCUT2D eigenvalue weighted by molar-refractivity contribution is 7.09. The maximum Gasteiger partial charge on any atom is 0.230 e. The van der Waals surface area contributed by atoms with E-state index < -0.39 is 0 Å². The van der Waals surface area contributed by atoms with E-state index in [0.717, 1.165) is 10.7 Å². The van der Waals surface area contributed by atoms with Crippen molar-refractivity contribution in [3.05, 3.63) is 40.6 Å². The smallest absolute Gasteiger partial charge is 0.230 e. The van der Waals surface area contributed by atoms with Crippen LogP contribution in [0.1, 0.15) is 10.7 Å². The van der Waals surface area contributed by atoms with Crippen molar-refractivity contribution in [2.75, 3.05) is 5.32 Å². The van der Waals surface area contributed by atoms with Crippen LogP contribution in [0.4, 0.5) is 5.69 Å². The summed E-state index contributed by atoms with van der Waals surface area (Å²) in [5.41, 5.74) is 1.52. The summed E-state index contributed by atoms with van der Waals surface area (Å²) in [7, 11) is 0. The topological polar surface area (TPSA) is 54.9 Å². The van der Waals surface area contributed by atoms with Crippen LogP contribution < -0.4 is 5.32 Å². The molecule has 0 atom stereocenters. The van der Waals surface area contributed by atoms with Crippen molar-refractivity contribution in [2.24, 2.45) is 0 Å². The Hall–Kier alpha value is -1.75. The van der Waals surface area contributed by atoms with Gasteiger partial charge < -0.3 is 5.32 Å². The lowest BCUT2D eigenvalue weighted by Gasteiger charge is -2.02. The molecule has 82 valence electrons. The number of nitrogens with zero attached hydrogens (tertiary/aromatic N) is 2. The lowest BCUT2D eigenvalue weighted by atomic mass is 10.3. The van der Waals surface area contributed by atoms with Gasteiger partial charge in [0, 0.05) is 11.6 Å². The Morgan fingerprint density at radius 3 is 3.06 bits per heavy atom. The van der Waals surface area contributed by atoms with E-state index in [9.17, 15) is 4.79 Å². The van der Waals surface area contributed by atoms with Crippen LogP contribution in [-0.2, 0) is 11.2 Å². The van der Waals surface area contributed by atoms with E-state index in [-0.39, 0.29) is 5.91 Å². The van der Waals surface area contributed by atoms with Crippen molar-refractivity contribution >= 4 is 22.9 Å². The number of anilines is 1. The zero-order valence-corrected chi connectivity index (χ0v) is 9.62. The first-order valence-electron chi connectivity index (χ1n) is 4.85. The van der Waals surface area contributed by atoms with Gasteiger partial charge in [0.05, 0.1) is 29.0 Å². The molecule has 1 N–H and O–H groups in total. The molecule has 0 unspecified atom stereocenters. The fourth-order valence-corrected chi connectivity index (χ4v) is 1.91. The molecule has 0 bridgehead atoms. The molecule has 2 rings (SSSR count). The average Bonchev–Trinajstić information content (AvgIpc) is 2.65. The van der Waals surface area contributed by atoms with E-state index in [0.29, 0.717) is 12.1 Å². The number of hydrogen-bond donors (Lipinski definition) is 1. The number of nitrogens with one attached hydrogen (secondary N) is 1. The van der Waals surface area contributed by atoms with E-state index in [2.05, 4.69) is 15.3 Å². The van der Waals surface area contributed by atoms with Crippen molar-refractivity contribution in [3.63, 3.8) is 0 Å². The highest BCUT2D eigenvalue weighted by Gasteiger charge is 2.06. The van der Waals surface area contributed by atoms with Crippen molar-refractivity contribution in [1.29, 1.82) is 0 Å². The van der Waals surface area contributed by atoms with Crippen LogP contribution in [0.3, 0.4) is 0 Å². The molecule has 0 aliphatic heterocycles. The molecule has 1 amide bonds. The second-order valence-corrected chi connectivity index (χ2v) is 4.39. The lowest BCUT2D eigenvalue weighted by molar-refractivity contribution is -0.115. The maximum atomic E-state index is 11.6. The van der Waals surface area contributed by atoms with Gasteiger partial charge in [-0.15, -0.1) is 11.3 Å². The van der Waals surface area contributed by atoms with Crippen LogP contribution in [0.15, 0.2) is 29.9 Å². The number of pyridine rings is 1. The molecular weight excluding hydrogens is 222 g/mol. The minimum Gasteiger partial charge on any atom is -0.324 e. The molecule has 0 radical (unpaired) electrons. The zero-order chi connectivity index (χ0) is 11.4. The molecule has 0 aliphatic rings. The number of amides is 1. The van der Waals surface area contributed by atoms with Gasteiger partial charge in [-0.2, -0.15) is 0 Å². The molecule has 0 fully saturated rings. The first-order valence-corrected chi connectivity index (χ1v) is 5.73. The van der Waals surface area contributed by atoms with Crippen LogP contribution in [0.2, 0.25) is 0 Å². The van der Waals surface area contributed by atoms with Gasteiger partial charge in [0.25, 0.3) is 0 Å². The first-order chi connectivity index (χ1) is 7.74. The molecule has 2 heterocycles. The maximum absolute atomic E-state index is 11.6. The van der Waals surface area contributed by atoms with Crippen LogP contribution in [0.5, 0.6) is 0 Å². The van der Waals surface area contributed by atoms with Gasteiger partial charge in [-0.3, -0.25) is 9.78 Å². The van der Waals surface area contributed by atoms with Gasteiger partial charge in [0.1, 0.15) is 0 Å². The Kier molecular flexibility index (Phi) is 3.26. The Labute approximate surface area is 97.4 Å². The van der Waals surface area contributed by atoms with Crippen molar-refractivity contribution in [1.82, 2.24) is 9.97 Å². The Morgan fingerprint density at radius 2 is 2.44 bits per heavy atom. The molecular formula is C11H11N3OS. The summed E-state index contributed by atoms with van der Waals surface area (Å²) >= 11 is 1.55. The molecule has 0 aliphatic carbocycles. The van der Waals surface area contributed by atoms with Gasteiger partial charge in [-0.25, -0.2) is 4.98 Å². The third-order valence-electron chi connectivity index (χ3n) is 1.95. The molecule has 4 nitrogen and oxygen atoms in total. The molecule has 5 heteroatoms. The number of carbonyl (C=O) groups is 1. The summed E-state index contributed by atoms with van der Waals surface area (Å²) < 4.78 is 0. The van der Waals surface area contributed by atoms with Crippen molar-refractivity contribution < 1.29 is 4.79 Å². The summed E-state index contributed by atoms with van der Waals surface area (Å²) in [6.07, 6.45) is 3.59. The molecule has 0 saturated heterocycles. The van der Waals surface area contributed by atoms with Gasteiger partial charge >= 0.3 is 0 Å². The van der Waals surface area contributed by atoms with Crippen molar-refractivity contribution in [2.45, 2.75) is 13.3 Å². The number of rotatable bonds is 3. The summed E-state index contributed by atoms with van der Waals surface area (Å²) in [5.74, 6) is -0.0710. The molecule has 2 aromatic rings. The Morgan fingerprint density at radius 1 is 1.56 bits per heavy atom. The highest BCUT2D eigenvalue weighted by atomic mass is 32.1.